The summed E-state index contributed by atoms with van der Waals surface area (Å²) in [7, 11) is 0. The molecular weight excluding hydrogens is 226 g/mol. The molecule has 0 fully saturated rings. The van der Waals surface area contributed by atoms with Crippen molar-refractivity contribution in [2.45, 2.75) is 19.8 Å². The summed E-state index contributed by atoms with van der Waals surface area (Å²) in [6.45, 7) is 3.99. The first-order chi connectivity index (χ1) is 7.58. The average Bonchev–Trinajstić information content (AvgIpc) is 2.70. The Hall–Kier alpha value is -1.55. The van der Waals surface area contributed by atoms with Gasteiger partial charge in [0.25, 0.3) is 5.89 Å². The largest absolute Gasteiger partial charge is 0.398 e. The van der Waals surface area contributed by atoms with E-state index in [9.17, 15) is 0 Å². The van der Waals surface area contributed by atoms with Gasteiger partial charge in [-0.15, -0.1) is 0 Å². The number of anilines is 1. The SMILES string of the molecule is CC(C)c1noc(-c2cc(Cl)ccc2N)n1. The minimum atomic E-state index is 0.220. The number of hydrogen-bond donors (Lipinski definition) is 1. The van der Waals surface area contributed by atoms with Crippen molar-refractivity contribution in [2.75, 3.05) is 5.73 Å². The Kier molecular flexibility index (Phi) is 2.83. The number of nitrogens with zero attached hydrogens (tertiary/aromatic N) is 2. The molecule has 1 heterocycles. The van der Waals surface area contributed by atoms with Crippen molar-refractivity contribution in [1.29, 1.82) is 0 Å². The van der Waals surface area contributed by atoms with Crippen LogP contribution >= 0.6 is 11.6 Å². The third-order valence-electron chi connectivity index (χ3n) is 2.20. The smallest absolute Gasteiger partial charge is 0.260 e. The summed E-state index contributed by atoms with van der Waals surface area (Å²) in [4.78, 5) is 4.27. The van der Waals surface area contributed by atoms with Crippen LogP contribution in [0.3, 0.4) is 0 Å². The molecule has 0 aliphatic rings. The first-order valence-electron chi connectivity index (χ1n) is 4.97. The summed E-state index contributed by atoms with van der Waals surface area (Å²) in [5.74, 6) is 1.29. The lowest BCUT2D eigenvalue weighted by Crippen LogP contribution is -1.92. The second-order valence-corrected chi connectivity index (χ2v) is 4.28. The van der Waals surface area contributed by atoms with Crippen LogP contribution in [0.1, 0.15) is 25.6 Å². The molecule has 0 saturated carbocycles. The van der Waals surface area contributed by atoms with Gasteiger partial charge in [0.15, 0.2) is 5.82 Å². The highest BCUT2D eigenvalue weighted by molar-refractivity contribution is 6.31. The molecule has 0 radical (unpaired) electrons. The molecule has 0 bridgehead atoms. The lowest BCUT2D eigenvalue weighted by molar-refractivity contribution is 0.419. The van der Waals surface area contributed by atoms with E-state index in [1.165, 1.54) is 0 Å². The van der Waals surface area contributed by atoms with E-state index in [2.05, 4.69) is 10.1 Å². The Morgan fingerprint density at radius 3 is 2.75 bits per heavy atom. The van der Waals surface area contributed by atoms with Crippen LogP contribution in [0.4, 0.5) is 5.69 Å². The van der Waals surface area contributed by atoms with E-state index in [0.29, 0.717) is 28.0 Å². The van der Waals surface area contributed by atoms with E-state index < -0.39 is 0 Å². The van der Waals surface area contributed by atoms with Gasteiger partial charge in [-0.2, -0.15) is 4.98 Å². The van der Waals surface area contributed by atoms with Crippen LogP contribution in [0, 0.1) is 0 Å². The minimum Gasteiger partial charge on any atom is -0.398 e. The van der Waals surface area contributed by atoms with E-state index in [1.54, 1.807) is 18.2 Å². The van der Waals surface area contributed by atoms with Crippen molar-refractivity contribution in [3.63, 3.8) is 0 Å². The standard InChI is InChI=1S/C11H12ClN3O/c1-6(2)10-14-11(16-15-10)8-5-7(12)3-4-9(8)13/h3-6H,13H2,1-2H3. The van der Waals surface area contributed by atoms with Crippen LogP contribution < -0.4 is 5.73 Å². The van der Waals surface area contributed by atoms with Crippen LogP contribution in [0.2, 0.25) is 5.02 Å². The van der Waals surface area contributed by atoms with Crippen molar-refractivity contribution < 1.29 is 4.52 Å². The molecule has 2 N–H and O–H groups in total. The number of nitrogen functional groups attached to an aromatic ring is 1. The van der Waals surface area contributed by atoms with Crippen molar-refractivity contribution in [3.8, 4) is 11.5 Å². The monoisotopic (exact) mass is 237 g/mol. The molecule has 1 aromatic heterocycles. The predicted molar refractivity (Wildman–Crippen MR) is 63.2 cm³/mol. The number of halogens is 1. The third-order valence-corrected chi connectivity index (χ3v) is 2.44. The molecule has 4 nitrogen and oxygen atoms in total. The fourth-order valence-electron chi connectivity index (χ4n) is 1.29. The number of benzene rings is 1. The molecule has 2 aromatic rings. The van der Waals surface area contributed by atoms with Gasteiger partial charge in [0.05, 0.1) is 5.56 Å². The van der Waals surface area contributed by atoms with E-state index in [1.807, 2.05) is 13.8 Å². The molecule has 0 aliphatic carbocycles. The summed E-state index contributed by atoms with van der Waals surface area (Å²) in [6, 6.07) is 5.16. The highest BCUT2D eigenvalue weighted by Crippen LogP contribution is 2.28. The van der Waals surface area contributed by atoms with Crippen LogP contribution in [-0.4, -0.2) is 10.1 Å². The number of rotatable bonds is 2. The van der Waals surface area contributed by atoms with Crippen LogP contribution in [0.25, 0.3) is 11.5 Å². The minimum absolute atomic E-state index is 0.220. The highest BCUT2D eigenvalue weighted by Gasteiger charge is 2.13. The molecule has 16 heavy (non-hydrogen) atoms. The molecule has 84 valence electrons. The maximum absolute atomic E-state index is 5.89. The van der Waals surface area contributed by atoms with Gasteiger partial charge >= 0.3 is 0 Å². The lowest BCUT2D eigenvalue weighted by Gasteiger charge is -2.00. The Labute approximate surface area is 98.4 Å². The molecule has 0 aliphatic heterocycles. The van der Waals surface area contributed by atoms with Gasteiger partial charge in [0.1, 0.15) is 0 Å². The zero-order chi connectivity index (χ0) is 11.7. The molecule has 0 saturated heterocycles. The maximum Gasteiger partial charge on any atom is 0.260 e. The normalized spacial score (nSPS) is 11.0. The average molecular weight is 238 g/mol. The fourth-order valence-corrected chi connectivity index (χ4v) is 1.46. The summed E-state index contributed by atoms with van der Waals surface area (Å²) in [5.41, 5.74) is 7.07. The van der Waals surface area contributed by atoms with Crippen LogP contribution in [0.15, 0.2) is 22.7 Å². The first kappa shape index (κ1) is 11.0. The Bertz CT molecular complexity index is 508. The Morgan fingerprint density at radius 1 is 1.38 bits per heavy atom. The topological polar surface area (TPSA) is 64.9 Å². The fraction of sp³-hybridized carbons (Fsp3) is 0.273. The Balaban J connectivity index is 2.46. The lowest BCUT2D eigenvalue weighted by atomic mass is 10.2. The summed E-state index contributed by atoms with van der Waals surface area (Å²) in [6.07, 6.45) is 0. The highest BCUT2D eigenvalue weighted by atomic mass is 35.5. The van der Waals surface area contributed by atoms with E-state index >= 15 is 0 Å². The van der Waals surface area contributed by atoms with Gasteiger partial charge < -0.3 is 10.3 Å². The van der Waals surface area contributed by atoms with Gasteiger partial charge in [-0.3, -0.25) is 0 Å². The summed E-state index contributed by atoms with van der Waals surface area (Å²) < 4.78 is 5.15. The number of aromatic nitrogens is 2. The van der Waals surface area contributed by atoms with Crippen LogP contribution in [-0.2, 0) is 0 Å². The predicted octanol–water partition coefficient (Wildman–Crippen LogP) is 3.10. The molecule has 2 rings (SSSR count). The van der Waals surface area contributed by atoms with Gasteiger partial charge in [-0.25, -0.2) is 0 Å². The van der Waals surface area contributed by atoms with Crippen molar-refractivity contribution in [1.82, 2.24) is 10.1 Å². The molecule has 5 heteroatoms. The zero-order valence-electron chi connectivity index (χ0n) is 9.07. The van der Waals surface area contributed by atoms with Crippen LogP contribution in [0.5, 0.6) is 0 Å². The molecule has 0 unspecified atom stereocenters. The van der Waals surface area contributed by atoms with Gasteiger partial charge in [0.2, 0.25) is 0 Å². The third kappa shape index (κ3) is 2.02. The zero-order valence-corrected chi connectivity index (χ0v) is 9.82. The first-order valence-corrected chi connectivity index (χ1v) is 5.34. The molecule has 0 spiro atoms. The second-order valence-electron chi connectivity index (χ2n) is 3.84. The van der Waals surface area contributed by atoms with Gasteiger partial charge in [-0.05, 0) is 18.2 Å². The van der Waals surface area contributed by atoms with Gasteiger partial charge in [0, 0.05) is 16.6 Å². The van der Waals surface area contributed by atoms with E-state index in [0.717, 1.165) is 0 Å². The molecular formula is C11H12ClN3O. The van der Waals surface area contributed by atoms with E-state index in [4.69, 9.17) is 21.9 Å². The Morgan fingerprint density at radius 2 is 2.12 bits per heavy atom. The van der Waals surface area contributed by atoms with Crippen molar-refractivity contribution in [3.05, 3.63) is 29.0 Å². The van der Waals surface area contributed by atoms with Crippen molar-refractivity contribution in [2.24, 2.45) is 0 Å². The number of nitrogens with two attached hydrogens (primary N) is 1. The number of hydrogen-bond acceptors (Lipinski definition) is 4. The second kappa shape index (κ2) is 4.14. The molecule has 0 atom stereocenters. The quantitative estimate of drug-likeness (QED) is 0.816. The molecule has 1 aromatic carbocycles. The van der Waals surface area contributed by atoms with Crippen molar-refractivity contribution >= 4 is 17.3 Å². The maximum atomic E-state index is 5.89. The molecule has 0 amide bonds. The van der Waals surface area contributed by atoms with Gasteiger partial charge in [-0.1, -0.05) is 30.6 Å². The summed E-state index contributed by atoms with van der Waals surface area (Å²) in [5, 5.41) is 4.47. The van der Waals surface area contributed by atoms with E-state index in [-0.39, 0.29) is 5.92 Å². The summed E-state index contributed by atoms with van der Waals surface area (Å²) >= 11 is 5.89.